The number of rotatable bonds is 7. The van der Waals surface area contributed by atoms with Crippen LogP contribution in [0.15, 0.2) is 24.3 Å². The second kappa shape index (κ2) is 9.18. The van der Waals surface area contributed by atoms with Crippen molar-refractivity contribution >= 4 is 12.1 Å². The summed E-state index contributed by atoms with van der Waals surface area (Å²) in [6.07, 6.45) is -0.376. The van der Waals surface area contributed by atoms with Gasteiger partial charge in [0, 0.05) is 13.1 Å². The van der Waals surface area contributed by atoms with Gasteiger partial charge >= 0.3 is 12.1 Å². The predicted octanol–water partition coefficient (Wildman–Crippen LogP) is 3.83. The highest BCUT2D eigenvalue weighted by Gasteiger charge is 2.26. The zero-order valence-electron chi connectivity index (χ0n) is 14.7. The zero-order chi connectivity index (χ0) is 17.4. The van der Waals surface area contributed by atoms with Gasteiger partial charge in [0.15, 0.2) is 0 Å². The van der Waals surface area contributed by atoms with Crippen LogP contribution in [0.2, 0.25) is 0 Å². The van der Waals surface area contributed by atoms with Gasteiger partial charge in [0.25, 0.3) is 0 Å². The van der Waals surface area contributed by atoms with Gasteiger partial charge in [-0.3, -0.25) is 4.79 Å². The molecule has 0 heterocycles. The summed E-state index contributed by atoms with van der Waals surface area (Å²) in [6, 6.07) is 7.32. The van der Waals surface area contributed by atoms with Crippen molar-refractivity contribution in [3.05, 3.63) is 29.8 Å². The molecule has 0 aliphatic heterocycles. The van der Waals surface area contributed by atoms with Gasteiger partial charge in [-0.2, -0.15) is 0 Å². The standard InChI is InChI=1S/C18H27NO4/c1-6-19(7-2)18(21)23-16-12-10-9-11-15(16)13(4)14(5)17(20)22-8-3/h9-14H,6-8H2,1-5H3. The molecule has 0 N–H and O–H groups in total. The molecule has 1 amide bonds. The van der Waals surface area contributed by atoms with Crippen LogP contribution >= 0.6 is 0 Å². The minimum Gasteiger partial charge on any atom is -0.466 e. The van der Waals surface area contributed by atoms with Crippen LogP contribution in [-0.4, -0.2) is 36.7 Å². The van der Waals surface area contributed by atoms with Crippen molar-refractivity contribution in [3.8, 4) is 5.75 Å². The van der Waals surface area contributed by atoms with Crippen molar-refractivity contribution in [2.75, 3.05) is 19.7 Å². The van der Waals surface area contributed by atoms with Crippen molar-refractivity contribution < 1.29 is 19.1 Å². The van der Waals surface area contributed by atoms with E-state index in [0.29, 0.717) is 25.4 Å². The summed E-state index contributed by atoms with van der Waals surface area (Å²) in [5, 5.41) is 0. The Kier molecular flexibility index (Phi) is 7.59. The normalized spacial score (nSPS) is 13.1. The van der Waals surface area contributed by atoms with Gasteiger partial charge in [0.1, 0.15) is 5.75 Å². The molecule has 23 heavy (non-hydrogen) atoms. The van der Waals surface area contributed by atoms with E-state index in [1.54, 1.807) is 17.9 Å². The van der Waals surface area contributed by atoms with Gasteiger partial charge in [-0.05, 0) is 38.3 Å². The van der Waals surface area contributed by atoms with E-state index in [9.17, 15) is 9.59 Å². The molecule has 5 heteroatoms. The van der Waals surface area contributed by atoms with Crippen LogP contribution in [0.1, 0.15) is 46.1 Å². The molecule has 0 aliphatic carbocycles. The number of carbonyl (C=O) groups excluding carboxylic acids is 2. The third kappa shape index (κ3) is 4.98. The van der Waals surface area contributed by atoms with Crippen molar-refractivity contribution in [1.29, 1.82) is 0 Å². The minimum atomic E-state index is -0.376. The van der Waals surface area contributed by atoms with Crippen LogP contribution in [-0.2, 0) is 9.53 Å². The Morgan fingerprint density at radius 1 is 1.09 bits per heavy atom. The molecule has 5 nitrogen and oxygen atoms in total. The molecule has 2 atom stereocenters. The van der Waals surface area contributed by atoms with Gasteiger partial charge in [-0.15, -0.1) is 0 Å². The fraction of sp³-hybridized carbons (Fsp3) is 0.556. The number of nitrogens with zero attached hydrogens (tertiary/aromatic N) is 1. The van der Waals surface area contributed by atoms with Gasteiger partial charge < -0.3 is 14.4 Å². The lowest BCUT2D eigenvalue weighted by molar-refractivity contribution is -0.148. The van der Waals surface area contributed by atoms with Crippen LogP contribution < -0.4 is 4.74 Å². The highest BCUT2D eigenvalue weighted by Crippen LogP contribution is 2.32. The smallest absolute Gasteiger partial charge is 0.415 e. The van der Waals surface area contributed by atoms with Crippen LogP contribution in [0, 0.1) is 5.92 Å². The molecule has 0 aromatic heterocycles. The zero-order valence-corrected chi connectivity index (χ0v) is 14.7. The first-order valence-electron chi connectivity index (χ1n) is 8.18. The van der Waals surface area contributed by atoms with Gasteiger partial charge in [0.05, 0.1) is 12.5 Å². The van der Waals surface area contributed by atoms with E-state index >= 15 is 0 Å². The summed E-state index contributed by atoms with van der Waals surface area (Å²) in [7, 11) is 0. The van der Waals surface area contributed by atoms with Crippen LogP contribution in [0.25, 0.3) is 0 Å². The third-order valence-electron chi connectivity index (χ3n) is 4.04. The van der Waals surface area contributed by atoms with Crippen molar-refractivity contribution in [2.45, 2.75) is 40.5 Å². The van der Waals surface area contributed by atoms with Gasteiger partial charge in [0.2, 0.25) is 0 Å². The highest BCUT2D eigenvalue weighted by molar-refractivity contribution is 5.74. The molecular formula is C18H27NO4. The first-order valence-corrected chi connectivity index (χ1v) is 8.18. The number of hydrogen-bond acceptors (Lipinski definition) is 4. The fourth-order valence-corrected chi connectivity index (χ4v) is 2.34. The number of amides is 1. The van der Waals surface area contributed by atoms with Crippen molar-refractivity contribution in [2.24, 2.45) is 5.92 Å². The Hall–Kier alpha value is -2.04. The molecular weight excluding hydrogens is 294 g/mol. The van der Waals surface area contributed by atoms with Gasteiger partial charge in [-0.1, -0.05) is 32.0 Å². The lowest BCUT2D eigenvalue weighted by Crippen LogP contribution is -2.33. The first kappa shape index (κ1) is 19.0. The van der Waals surface area contributed by atoms with E-state index in [0.717, 1.165) is 5.56 Å². The third-order valence-corrected chi connectivity index (χ3v) is 4.04. The molecule has 0 saturated carbocycles. The largest absolute Gasteiger partial charge is 0.466 e. The molecule has 1 rings (SSSR count). The summed E-state index contributed by atoms with van der Waals surface area (Å²) in [5.41, 5.74) is 0.827. The summed E-state index contributed by atoms with van der Waals surface area (Å²) in [4.78, 5) is 25.7. The van der Waals surface area contributed by atoms with Crippen molar-refractivity contribution in [3.63, 3.8) is 0 Å². The van der Waals surface area contributed by atoms with E-state index in [2.05, 4.69) is 0 Å². The molecule has 0 bridgehead atoms. The Labute approximate surface area is 138 Å². The molecule has 1 aromatic rings. The van der Waals surface area contributed by atoms with Crippen molar-refractivity contribution in [1.82, 2.24) is 4.90 Å². The molecule has 0 spiro atoms. The number of para-hydroxylation sites is 1. The number of esters is 1. The van der Waals surface area contributed by atoms with E-state index in [1.807, 2.05) is 45.9 Å². The number of benzene rings is 1. The molecule has 0 radical (unpaired) electrons. The Balaban J connectivity index is 2.96. The summed E-state index contributed by atoms with van der Waals surface area (Å²) in [6.45, 7) is 10.9. The predicted molar refractivity (Wildman–Crippen MR) is 89.6 cm³/mol. The lowest BCUT2D eigenvalue weighted by Gasteiger charge is -2.23. The quantitative estimate of drug-likeness (QED) is 0.716. The van der Waals surface area contributed by atoms with Crippen LogP contribution in [0.4, 0.5) is 4.79 Å². The second-order valence-corrected chi connectivity index (χ2v) is 5.41. The number of carbonyl (C=O) groups is 2. The van der Waals surface area contributed by atoms with E-state index in [1.165, 1.54) is 0 Å². The molecule has 0 aliphatic rings. The molecule has 128 valence electrons. The summed E-state index contributed by atoms with van der Waals surface area (Å²) >= 11 is 0. The maximum atomic E-state index is 12.2. The molecule has 0 fully saturated rings. The second-order valence-electron chi connectivity index (χ2n) is 5.41. The Bertz CT molecular complexity index is 526. The minimum absolute atomic E-state index is 0.116. The Morgan fingerprint density at radius 2 is 1.70 bits per heavy atom. The average molecular weight is 321 g/mol. The van der Waals surface area contributed by atoms with E-state index < -0.39 is 0 Å². The van der Waals surface area contributed by atoms with E-state index in [4.69, 9.17) is 9.47 Å². The van der Waals surface area contributed by atoms with Crippen LogP contribution in [0.3, 0.4) is 0 Å². The topological polar surface area (TPSA) is 55.8 Å². The first-order chi connectivity index (χ1) is 11.0. The maximum absolute atomic E-state index is 12.2. The highest BCUT2D eigenvalue weighted by atomic mass is 16.6. The number of hydrogen-bond donors (Lipinski definition) is 0. The fourth-order valence-electron chi connectivity index (χ4n) is 2.34. The van der Waals surface area contributed by atoms with E-state index in [-0.39, 0.29) is 23.9 Å². The summed E-state index contributed by atoms with van der Waals surface area (Å²) < 4.78 is 10.6. The SMILES string of the molecule is CCOC(=O)C(C)C(C)c1ccccc1OC(=O)N(CC)CC. The lowest BCUT2D eigenvalue weighted by atomic mass is 9.88. The monoisotopic (exact) mass is 321 g/mol. The summed E-state index contributed by atoms with van der Waals surface area (Å²) in [5.74, 6) is -0.184. The average Bonchev–Trinajstić information content (AvgIpc) is 2.55. The molecule has 1 aromatic carbocycles. The maximum Gasteiger partial charge on any atom is 0.415 e. The molecule has 2 unspecified atom stereocenters. The van der Waals surface area contributed by atoms with Gasteiger partial charge in [-0.25, -0.2) is 4.79 Å². The Morgan fingerprint density at radius 3 is 2.26 bits per heavy atom. The molecule has 0 saturated heterocycles. The van der Waals surface area contributed by atoms with Crippen LogP contribution in [0.5, 0.6) is 5.75 Å². The number of ether oxygens (including phenoxy) is 2.